The highest BCUT2D eigenvalue weighted by atomic mass is 16.5. The molecule has 0 aliphatic carbocycles. The Labute approximate surface area is 138 Å². The molecule has 0 bridgehead atoms. The van der Waals surface area contributed by atoms with Crippen LogP contribution < -0.4 is 9.47 Å². The summed E-state index contributed by atoms with van der Waals surface area (Å²) in [5.74, 6) is 1.89. The van der Waals surface area contributed by atoms with Crippen LogP contribution in [0.15, 0.2) is 18.2 Å². The predicted molar refractivity (Wildman–Crippen MR) is 90.0 cm³/mol. The fourth-order valence-corrected chi connectivity index (χ4v) is 2.68. The van der Waals surface area contributed by atoms with Gasteiger partial charge < -0.3 is 14.4 Å². The van der Waals surface area contributed by atoms with E-state index in [1.54, 1.807) is 33.2 Å². The molecule has 6 nitrogen and oxygen atoms in total. The lowest BCUT2D eigenvalue weighted by Crippen LogP contribution is -2.48. The van der Waals surface area contributed by atoms with Crippen molar-refractivity contribution in [3.63, 3.8) is 0 Å². The van der Waals surface area contributed by atoms with Gasteiger partial charge in [0.25, 0.3) is 0 Å². The van der Waals surface area contributed by atoms with Gasteiger partial charge in [-0.05, 0) is 18.2 Å². The summed E-state index contributed by atoms with van der Waals surface area (Å²) < 4.78 is 10.7. The Balaban J connectivity index is 1.90. The molecule has 0 radical (unpaired) electrons. The molecule has 1 aromatic rings. The predicted octanol–water partition coefficient (Wildman–Crippen LogP) is 0.910. The molecule has 1 amide bonds. The van der Waals surface area contributed by atoms with E-state index in [9.17, 15) is 4.79 Å². The van der Waals surface area contributed by atoms with Crippen molar-refractivity contribution in [2.24, 2.45) is 0 Å². The van der Waals surface area contributed by atoms with Crippen LogP contribution in [0.25, 0.3) is 0 Å². The fourth-order valence-electron chi connectivity index (χ4n) is 2.68. The van der Waals surface area contributed by atoms with Crippen molar-refractivity contribution in [1.82, 2.24) is 14.7 Å². The number of carbonyl (C=O) groups is 1. The average Bonchev–Trinajstić information content (AvgIpc) is 2.56. The SMILES string of the molecule is COc1ccc(OC)c(CN2CCN(CC(=O)N(C)C)CC2)c1. The Morgan fingerprint density at radius 1 is 1.09 bits per heavy atom. The summed E-state index contributed by atoms with van der Waals surface area (Å²) in [6.07, 6.45) is 0. The fraction of sp³-hybridized carbons (Fsp3) is 0.588. The van der Waals surface area contributed by atoms with Gasteiger partial charge >= 0.3 is 0 Å². The number of nitrogens with zero attached hydrogens (tertiary/aromatic N) is 3. The molecule has 1 aromatic carbocycles. The van der Waals surface area contributed by atoms with Crippen LogP contribution in [-0.4, -0.2) is 81.6 Å². The first-order valence-electron chi connectivity index (χ1n) is 7.89. The van der Waals surface area contributed by atoms with Gasteiger partial charge in [0.05, 0.1) is 20.8 Å². The van der Waals surface area contributed by atoms with Crippen molar-refractivity contribution in [1.29, 1.82) is 0 Å². The molecular weight excluding hydrogens is 294 g/mol. The normalized spacial score (nSPS) is 16.2. The molecule has 0 unspecified atom stereocenters. The van der Waals surface area contributed by atoms with Crippen LogP contribution in [0, 0.1) is 0 Å². The molecule has 0 saturated carbocycles. The number of carbonyl (C=O) groups excluding carboxylic acids is 1. The maximum Gasteiger partial charge on any atom is 0.236 e. The lowest BCUT2D eigenvalue weighted by atomic mass is 10.1. The molecule has 128 valence electrons. The highest BCUT2D eigenvalue weighted by Crippen LogP contribution is 2.25. The lowest BCUT2D eigenvalue weighted by Gasteiger charge is -2.35. The van der Waals surface area contributed by atoms with Crippen molar-refractivity contribution >= 4 is 5.91 Å². The van der Waals surface area contributed by atoms with E-state index in [2.05, 4.69) is 9.80 Å². The Morgan fingerprint density at radius 2 is 1.74 bits per heavy atom. The molecule has 1 aliphatic rings. The molecule has 1 heterocycles. The van der Waals surface area contributed by atoms with Crippen LogP contribution in [0.5, 0.6) is 11.5 Å². The molecule has 2 rings (SSSR count). The van der Waals surface area contributed by atoms with Gasteiger partial charge in [0.15, 0.2) is 0 Å². The van der Waals surface area contributed by atoms with Gasteiger partial charge in [-0.25, -0.2) is 0 Å². The summed E-state index contributed by atoms with van der Waals surface area (Å²) in [6, 6.07) is 5.88. The third-order valence-corrected chi connectivity index (χ3v) is 4.20. The Kier molecular flexibility index (Phi) is 6.24. The molecule has 0 N–H and O–H groups in total. The van der Waals surface area contributed by atoms with Crippen LogP contribution in [-0.2, 0) is 11.3 Å². The first kappa shape index (κ1) is 17.6. The number of benzene rings is 1. The minimum absolute atomic E-state index is 0.160. The summed E-state index contributed by atoms with van der Waals surface area (Å²) in [7, 11) is 6.96. The molecule has 1 saturated heterocycles. The van der Waals surface area contributed by atoms with Crippen molar-refractivity contribution in [3.05, 3.63) is 23.8 Å². The summed E-state index contributed by atoms with van der Waals surface area (Å²) in [6.45, 7) is 5.04. The van der Waals surface area contributed by atoms with Crippen molar-refractivity contribution < 1.29 is 14.3 Å². The molecule has 23 heavy (non-hydrogen) atoms. The van der Waals surface area contributed by atoms with E-state index in [1.165, 1.54) is 0 Å². The van der Waals surface area contributed by atoms with E-state index >= 15 is 0 Å². The van der Waals surface area contributed by atoms with Gasteiger partial charge in [0, 0.05) is 52.4 Å². The van der Waals surface area contributed by atoms with Crippen LogP contribution in [0.2, 0.25) is 0 Å². The number of ether oxygens (including phenoxy) is 2. The molecule has 0 atom stereocenters. The van der Waals surface area contributed by atoms with E-state index in [4.69, 9.17) is 9.47 Å². The van der Waals surface area contributed by atoms with Crippen molar-refractivity contribution in [2.75, 3.05) is 61.0 Å². The summed E-state index contributed by atoms with van der Waals surface area (Å²) in [4.78, 5) is 18.0. The second-order valence-electron chi connectivity index (χ2n) is 6.02. The number of methoxy groups -OCH3 is 2. The van der Waals surface area contributed by atoms with Crippen molar-refractivity contribution in [3.8, 4) is 11.5 Å². The van der Waals surface area contributed by atoms with Gasteiger partial charge in [0.2, 0.25) is 5.91 Å². The number of hydrogen-bond donors (Lipinski definition) is 0. The molecule has 1 fully saturated rings. The quantitative estimate of drug-likeness (QED) is 0.779. The Hall–Kier alpha value is -1.79. The minimum atomic E-state index is 0.160. The summed E-state index contributed by atoms with van der Waals surface area (Å²) in [5, 5.41) is 0. The zero-order chi connectivity index (χ0) is 16.8. The monoisotopic (exact) mass is 321 g/mol. The zero-order valence-corrected chi connectivity index (χ0v) is 14.5. The minimum Gasteiger partial charge on any atom is -0.497 e. The van der Waals surface area contributed by atoms with Crippen LogP contribution in [0.1, 0.15) is 5.56 Å². The first-order valence-corrected chi connectivity index (χ1v) is 7.89. The molecule has 0 aromatic heterocycles. The van der Waals surface area contributed by atoms with E-state index in [0.29, 0.717) is 6.54 Å². The molecule has 1 aliphatic heterocycles. The first-order chi connectivity index (χ1) is 11.0. The highest BCUT2D eigenvalue weighted by molar-refractivity contribution is 5.77. The third-order valence-electron chi connectivity index (χ3n) is 4.20. The van der Waals surface area contributed by atoms with Gasteiger partial charge in [-0.3, -0.25) is 14.6 Å². The maximum absolute atomic E-state index is 11.8. The van der Waals surface area contributed by atoms with Crippen molar-refractivity contribution in [2.45, 2.75) is 6.54 Å². The molecular formula is C17H27N3O3. The van der Waals surface area contributed by atoms with Crippen LogP contribution in [0.4, 0.5) is 0 Å². The van der Waals surface area contributed by atoms with E-state index in [0.717, 1.165) is 49.8 Å². The average molecular weight is 321 g/mol. The molecule has 6 heteroatoms. The zero-order valence-electron chi connectivity index (χ0n) is 14.5. The third kappa shape index (κ3) is 4.84. The smallest absolute Gasteiger partial charge is 0.236 e. The number of rotatable bonds is 6. The number of hydrogen-bond acceptors (Lipinski definition) is 5. The molecule has 0 spiro atoms. The maximum atomic E-state index is 11.8. The standard InChI is InChI=1S/C17H27N3O3/c1-18(2)17(21)13-20-9-7-19(8-10-20)12-14-11-15(22-3)5-6-16(14)23-4/h5-6,11H,7-10,12-13H2,1-4H3. The summed E-state index contributed by atoms with van der Waals surface area (Å²) in [5.41, 5.74) is 1.13. The summed E-state index contributed by atoms with van der Waals surface area (Å²) >= 11 is 0. The van der Waals surface area contributed by atoms with E-state index < -0.39 is 0 Å². The van der Waals surface area contributed by atoms with Crippen LogP contribution in [0.3, 0.4) is 0 Å². The highest BCUT2D eigenvalue weighted by Gasteiger charge is 2.20. The largest absolute Gasteiger partial charge is 0.497 e. The lowest BCUT2D eigenvalue weighted by molar-refractivity contribution is -0.130. The van der Waals surface area contributed by atoms with Gasteiger partial charge in [0.1, 0.15) is 11.5 Å². The number of piperazine rings is 1. The van der Waals surface area contributed by atoms with Gasteiger partial charge in [-0.1, -0.05) is 0 Å². The number of amides is 1. The van der Waals surface area contributed by atoms with Gasteiger partial charge in [-0.2, -0.15) is 0 Å². The Morgan fingerprint density at radius 3 is 2.30 bits per heavy atom. The van der Waals surface area contributed by atoms with Gasteiger partial charge in [-0.15, -0.1) is 0 Å². The topological polar surface area (TPSA) is 45.3 Å². The number of likely N-dealkylation sites (N-methyl/N-ethyl adjacent to an activating group) is 1. The Bertz CT molecular complexity index is 526. The second-order valence-corrected chi connectivity index (χ2v) is 6.02. The van der Waals surface area contributed by atoms with E-state index in [1.807, 2.05) is 18.2 Å². The van der Waals surface area contributed by atoms with E-state index in [-0.39, 0.29) is 5.91 Å². The second kappa shape index (κ2) is 8.17. The van der Waals surface area contributed by atoms with Crippen LogP contribution >= 0.6 is 0 Å².